The van der Waals surface area contributed by atoms with E-state index in [2.05, 4.69) is 25.3 Å². The lowest BCUT2D eigenvalue weighted by Crippen LogP contribution is -2.34. The predicted molar refractivity (Wildman–Crippen MR) is 81.7 cm³/mol. The molecule has 2 rings (SSSR count). The van der Waals surface area contributed by atoms with Crippen LogP contribution in [0, 0.1) is 0 Å². The Balaban J connectivity index is 2.69. The third-order valence-electron chi connectivity index (χ3n) is 3.93. The van der Waals surface area contributed by atoms with Gasteiger partial charge in [-0.05, 0) is 31.0 Å². The van der Waals surface area contributed by atoms with E-state index in [0.29, 0.717) is 6.54 Å². The molecule has 0 aliphatic rings. The van der Waals surface area contributed by atoms with Crippen molar-refractivity contribution >= 4 is 22.6 Å². The fourth-order valence-electron chi connectivity index (χ4n) is 2.40. The van der Waals surface area contributed by atoms with Gasteiger partial charge in [-0.15, -0.1) is 0 Å². The van der Waals surface area contributed by atoms with Crippen LogP contribution < -0.4 is 5.73 Å². The third-order valence-corrected chi connectivity index (χ3v) is 4.16. The summed E-state index contributed by atoms with van der Waals surface area (Å²) in [5.41, 5.74) is 8.01. The summed E-state index contributed by atoms with van der Waals surface area (Å²) >= 11 is 6.12. The molecule has 0 amide bonds. The average molecular weight is 280 g/mol. The largest absolute Gasteiger partial charge is 0.329 e. The maximum absolute atomic E-state index is 6.12. The summed E-state index contributed by atoms with van der Waals surface area (Å²) in [6.07, 6.45) is 2.04. The fourth-order valence-corrected chi connectivity index (χ4v) is 2.57. The van der Waals surface area contributed by atoms with E-state index in [0.717, 1.165) is 41.3 Å². The molecule has 0 radical (unpaired) electrons. The monoisotopic (exact) mass is 279 g/mol. The Bertz CT molecular complexity index is 570. The number of aromatic nitrogens is 2. The van der Waals surface area contributed by atoms with Crippen molar-refractivity contribution < 1.29 is 0 Å². The minimum atomic E-state index is -0.0827. The van der Waals surface area contributed by atoms with Crippen LogP contribution in [0.25, 0.3) is 11.0 Å². The van der Waals surface area contributed by atoms with E-state index in [1.807, 2.05) is 18.2 Å². The van der Waals surface area contributed by atoms with Gasteiger partial charge in [0.1, 0.15) is 5.82 Å². The highest BCUT2D eigenvalue weighted by Crippen LogP contribution is 2.30. The zero-order valence-corrected chi connectivity index (χ0v) is 12.7. The van der Waals surface area contributed by atoms with Crippen molar-refractivity contribution in [2.45, 2.75) is 45.6 Å². The summed E-state index contributed by atoms with van der Waals surface area (Å²) in [5.74, 6) is 1.08. The van der Waals surface area contributed by atoms with Gasteiger partial charge in [0.15, 0.2) is 0 Å². The third kappa shape index (κ3) is 2.49. The van der Waals surface area contributed by atoms with Crippen molar-refractivity contribution in [2.75, 3.05) is 6.54 Å². The highest BCUT2D eigenvalue weighted by atomic mass is 35.5. The quantitative estimate of drug-likeness (QED) is 0.906. The molecule has 0 bridgehead atoms. The van der Waals surface area contributed by atoms with Crippen LogP contribution in [0.1, 0.15) is 39.4 Å². The van der Waals surface area contributed by atoms with Crippen molar-refractivity contribution in [1.29, 1.82) is 0 Å². The van der Waals surface area contributed by atoms with Crippen LogP contribution in [-0.2, 0) is 12.0 Å². The van der Waals surface area contributed by atoms with Crippen LogP contribution in [0.4, 0.5) is 0 Å². The molecule has 2 N–H and O–H groups in total. The molecule has 0 saturated carbocycles. The molecule has 2 aromatic rings. The topological polar surface area (TPSA) is 43.8 Å². The maximum Gasteiger partial charge on any atom is 0.117 e. The lowest BCUT2D eigenvalue weighted by Gasteiger charge is -2.26. The second kappa shape index (κ2) is 5.51. The van der Waals surface area contributed by atoms with Crippen LogP contribution >= 0.6 is 11.6 Å². The van der Waals surface area contributed by atoms with Crippen molar-refractivity contribution in [1.82, 2.24) is 9.55 Å². The Kier molecular flexibility index (Phi) is 4.16. The van der Waals surface area contributed by atoms with E-state index in [1.54, 1.807) is 0 Å². The van der Waals surface area contributed by atoms with Gasteiger partial charge in [-0.2, -0.15) is 0 Å². The second-order valence-corrected chi connectivity index (χ2v) is 5.77. The molecule has 4 heteroatoms. The molecule has 0 fully saturated rings. The van der Waals surface area contributed by atoms with Gasteiger partial charge in [0.05, 0.1) is 11.0 Å². The van der Waals surface area contributed by atoms with Crippen molar-refractivity contribution in [3.8, 4) is 0 Å². The summed E-state index contributed by atoms with van der Waals surface area (Å²) in [4.78, 5) is 4.81. The minimum Gasteiger partial charge on any atom is -0.329 e. The SMILES string of the molecule is CCCn1c(C(C)(CC)CN)nc2ccc(Cl)cc21. The first-order valence-electron chi connectivity index (χ1n) is 6.92. The van der Waals surface area contributed by atoms with Crippen LogP contribution in [0.15, 0.2) is 18.2 Å². The molecule has 0 aliphatic heterocycles. The highest BCUT2D eigenvalue weighted by Gasteiger charge is 2.29. The zero-order chi connectivity index (χ0) is 14.0. The van der Waals surface area contributed by atoms with E-state index in [9.17, 15) is 0 Å². The molecular formula is C15H22ClN3. The molecule has 1 atom stereocenters. The summed E-state index contributed by atoms with van der Waals surface area (Å²) in [6.45, 7) is 8.06. The number of hydrogen-bond acceptors (Lipinski definition) is 2. The number of aryl methyl sites for hydroxylation is 1. The summed E-state index contributed by atoms with van der Waals surface area (Å²) < 4.78 is 2.28. The Morgan fingerprint density at radius 1 is 1.37 bits per heavy atom. The minimum absolute atomic E-state index is 0.0827. The second-order valence-electron chi connectivity index (χ2n) is 5.34. The Hall–Kier alpha value is -1.06. The summed E-state index contributed by atoms with van der Waals surface area (Å²) in [7, 11) is 0. The van der Waals surface area contributed by atoms with E-state index in [1.165, 1.54) is 0 Å². The van der Waals surface area contributed by atoms with Gasteiger partial charge in [-0.3, -0.25) is 0 Å². The predicted octanol–water partition coefficient (Wildman–Crippen LogP) is 3.73. The van der Waals surface area contributed by atoms with Crippen LogP contribution in [0.3, 0.4) is 0 Å². The number of hydrogen-bond donors (Lipinski definition) is 1. The average Bonchev–Trinajstić information content (AvgIpc) is 2.77. The number of nitrogens with two attached hydrogens (primary N) is 1. The fraction of sp³-hybridized carbons (Fsp3) is 0.533. The lowest BCUT2D eigenvalue weighted by molar-refractivity contribution is 0.416. The molecule has 0 saturated heterocycles. The van der Waals surface area contributed by atoms with Gasteiger partial charge >= 0.3 is 0 Å². The molecule has 0 aliphatic carbocycles. The van der Waals surface area contributed by atoms with Crippen molar-refractivity contribution in [2.24, 2.45) is 5.73 Å². The Labute approximate surface area is 119 Å². The number of fused-ring (bicyclic) bond motifs is 1. The normalized spacial score (nSPS) is 14.8. The number of halogens is 1. The van der Waals surface area contributed by atoms with Gasteiger partial charge in [0.25, 0.3) is 0 Å². The standard InChI is InChI=1S/C15H22ClN3/c1-4-8-19-13-9-11(16)6-7-12(13)18-14(19)15(3,5-2)10-17/h6-7,9H,4-5,8,10,17H2,1-3H3. The van der Waals surface area contributed by atoms with Crippen molar-refractivity contribution in [3.05, 3.63) is 29.0 Å². The molecule has 19 heavy (non-hydrogen) atoms. The van der Waals surface area contributed by atoms with Gasteiger partial charge in [0.2, 0.25) is 0 Å². The van der Waals surface area contributed by atoms with Gasteiger partial charge in [-0.1, -0.05) is 32.4 Å². The van der Waals surface area contributed by atoms with Crippen LogP contribution in [0.2, 0.25) is 5.02 Å². The molecule has 1 heterocycles. The van der Waals surface area contributed by atoms with E-state index >= 15 is 0 Å². The number of nitrogens with zero attached hydrogens (tertiary/aromatic N) is 2. The van der Waals surface area contributed by atoms with Crippen molar-refractivity contribution in [3.63, 3.8) is 0 Å². The zero-order valence-electron chi connectivity index (χ0n) is 11.9. The number of benzene rings is 1. The van der Waals surface area contributed by atoms with Gasteiger partial charge < -0.3 is 10.3 Å². The summed E-state index contributed by atoms with van der Waals surface area (Å²) in [5, 5.41) is 0.752. The molecule has 1 aromatic carbocycles. The maximum atomic E-state index is 6.12. The molecule has 104 valence electrons. The Morgan fingerprint density at radius 2 is 2.11 bits per heavy atom. The van der Waals surface area contributed by atoms with E-state index in [-0.39, 0.29) is 5.41 Å². The van der Waals surface area contributed by atoms with Gasteiger partial charge in [-0.25, -0.2) is 4.98 Å². The van der Waals surface area contributed by atoms with Crippen LogP contribution in [0.5, 0.6) is 0 Å². The van der Waals surface area contributed by atoms with E-state index in [4.69, 9.17) is 22.3 Å². The first kappa shape index (κ1) is 14.4. The van der Waals surface area contributed by atoms with E-state index < -0.39 is 0 Å². The highest BCUT2D eigenvalue weighted by molar-refractivity contribution is 6.31. The molecule has 1 aromatic heterocycles. The lowest BCUT2D eigenvalue weighted by atomic mass is 9.86. The summed E-state index contributed by atoms with van der Waals surface area (Å²) in [6, 6.07) is 5.87. The number of imidazole rings is 1. The van der Waals surface area contributed by atoms with Crippen LogP contribution in [-0.4, -0.2) is 16.1 Å². The Morgan fingerprint density at radius 3 is 2.68 bits per heavy atom. The van der Waals surface area contributed by atoms with Gasteiger partial charge in [0, 0.05) is 23.5 Å². The molecule has 1 unspecified atom stereocenters. The molecular weight excluding hydrogens is 258 g/mol. The first-order chi connectivity index (χ1) is 9.05. The molecule has 0 spiro atoms. The number of rotatable bonds is 5. The molecule has 3 nitrogen and oxygen atoms in total. The smallest absolute Gasteiger partial charge is 0.117 e. The first-order valence-corrected chi connectivity index (χ1v) is 7.30.